The molecule has 0 spiro atoms. The molecule has 0 aromatic heterocycles. The molecule has 0 amide bonds. The van der Waals surface area contributed by atoms with Gasteiger partial charge in [-0.25, -0.2) is 0 Å². The molecular formula is C9H10BrNO4. The second-order valence-electron chi connectivity index (χ2n) is 3.01. The van der Waals surface area contributed by atoms with Crippen LogP contribution in [-0.2, 0) is 4.79 Å². The van der Waals surface area contributed by atoms with E-state index in [1.165, 1.54) is 12.1 Å². The molecular weight excluding hydrogens is 266 g/mol. The van der Waals surface area contributed by atoms with E-state index in [0.717, 1.165) is 0 Å². The number of hydrogen-bond acceptors (Lipinski definition) is 4. The number of benzene rings is 1. The molecule has 0 heterocycles. The van der Waals surface area contributed by atoms with Gasteiger partial charge in [0.05, 0.1) is 0 Å². The van der Waals surface area contributed by atoms with Crippen molar-refractivity contribution in [2.45, 2.75) is 12.1 Å². The smallest absolute Gasteiger partial charge is 0.323 e. The molecule has 0 fully saturated rings. The molecule has 0 aliphatic rings. The van der Waals surface area contributed by atoms with Crippen molar-refractivity contribution < 1.29 is 20.1 Å². The van der Waals surface area contributed by atoms with Crippen LogP contribution >= 0.6 is 15.9 Å². The zero-order valence-corrected chi connectivity index (χ0v) is 9.18. The first-order valence-electron chi connectivity index (χ1n) is 4.08. The fourth-order valence-corrected chi connectivity index (χ4v) is 1.44. The second kappa shape index (κ2) is 4.61. The summed E-state index contributed by atoms with van der Waals surface area (Å²) in [6.45, 7) is 0. The predicted molar refractivity (Wildman–Crippen MR) is 56.4 cm³/mol. The molecule has 2 unspecified atom stereocenters. The summed E-state index contributed by atoms with van der Waals surface area (Å²) in [5.74, 6) is -1.53. The van der Waals surface area contributed by atoms with E-state index in [-0.39, 0.29) is 11.3 Å². The number of aliphatic carboxylic acids is 1. The third kappa shape index (κ3) is 2.68. The number of hydrogen-bond donors (Lipinski definition) is 4. The summed E-state index contributed by atoms with van der Waals surface area (Å²) in [4.78, 5) is 10.5. The number of rotatable bonds is 3. The van der Waals surface area contributed by atoms with Crippen LogP contribution in [0.25, 0.3) is 0 Å². The minimum absolute atomic E-state index is 0.0908. The van der Waals surface area contributed by atoms with Crippen molar-refractivity contribution in [3.05, 3.63) is 28.2 Å². The quantitative estimate of drug-likeness (QED) is 0.647. The third-order valence-electron chi connectivity index (χ3n) is 1.94. The molecule has 0 aliphatic carbocycles. The van der Waals surface area contributed by atoms with Gasteiger partial charge in [-0.05, 0) is 12.1 Å². The van der Waals surface area contributed by atoms with Crippen molar-refractivity contribution in [2.75, 3.05) is 0 Å². The fraction of sp³-hybridized carbons (Fsp3) is 0.222. The van der Waals surface area contributed by atoms with E-state index in [9.17, 15) is 15.0 Å². The van der Waals surface area contributed by atoms with Gasteiger partial charge in [0.2, 0.25) is 0 Å². The summed E-state index contributed by atoms with van der Waals surface area (Å²) >= 11 is 3.12. The molecule has 5 nitrogen and oxygen atoms in total. The van der Waals surface area contributed by atoms with Crippen molar-refractivity contribution in [3.8, 4) is 5.75 Å². The summed E-state index contributed by atoms with van der Waals surface area (Å²) in [7, 11) is 0. The van der Waals surface area contributed by atoms with Gasteiger partial charge in [-0.1, -0.05) is 22.0 Å². The molecule has 1 aromatic rings. The first-order valence-corrected chi connectivity index (χ1v) is 4.87. The number of phenols is 1. The molecule has 0 saturated heterocycles. The monoisotopic (exact) mass is 275 g/mol. The van der Waals surface area contributed by atoms with E-state index in [4.69, 9.17) is 10.8 Å². The number of aliphatic hydroxyl groups is 1. The maximum Gasteiger partial charge on any atom is 0.323 e. The van der Waals surface area contributed by atoms with E-state index in [1.54, 1.807) is 6.07 Å². The van der Waals surface area contributed by atoms with Crippen LogP contribution in [-0.4, -0.2) is 27.3 Å². The van der Waals surface area contributed by atoms with Gasteiger partial charge in [-0.2, -0.15) is 0 Å². The Morgan fingerprint density at radius 1 is 1.47 bits per heavy atom. The van der Waals surface area contributed by atoms with Crippen LogP contribution < -0.4 is 5.73 Å². The molecule has 0 saturated carbocycles. The van der Waals surface area contributed by atoms with E-state index >= 15 is 0 Å². The molecule has 0 radical (unpaired) electrons. The van der Waals surface area contributed by atoms with Crippen molar-refractivity contribution in [3.63, 3.8) is 0 Å². The van der Waals surface area contributed by atoms with E-state index in [0.29, 0.717) is 4.47 Å². The Hall–Kier alpha value is -1.11. The van der Waals surface area contributed by atoms with Crippen molar-refractivity contribution in [1.29, 1.82) is 0 Å². The fourth-order valence-electron chi connectivity index (χ4n) is 1.10. The van der Waals surface area contributed by atoms with Crippen LogP contribution in [0, 0.1) is 0 Å². The highest BCUT2D eigenvalue weighted by Gasteiger charge is 2.25. The number of halogens is 1. The highest BCUT2D eigenvalue weighted by atomic mass is 79.9. The number of carboxylic acid groups (broad SMARTS) is 1. The van der Waals surface area contributed by atoms with Crippen molar-refractivity contribution in [1.82, 2.24) is 0 Å². The number of aliphatic hydroxyl groups excluding tert-OH is 1. The normalized spacial score (nSPS) is 14.6. The average Bonchev–Trinajstić information content (AvgIpc) is 2.15. The summed E-state index contributed by atoms with van der Waals surface area (Å²) in [6.07, 6.45) is -1.43. The average molecular weight is 276 g/mol. The Morgan fingerprint density at radius 3 is 2.53 bits per heavy atom. The lowest BCUT2D eigenvalue weighted by molar-refractivity contribution is -0.141. The van der Waals surface area contributed by atoms with Crippen LogP contribution in [0.1, 0.15) is 11.7 Å². The van der Waals surface area contributed by atoms with Crippen LogP contribution in [0.5, 0.6) is 5.75 Å². The lowest BCUT2D eigenvalue weighted by Gasteiger charge is -2.16. The maximum absolute atomic E-state index is 10.5. The zero-order chi connectivity index (χ0) is 11.6. The molecule has 0 aliphatic heterocycles. The molecule has 82 valence electrons. The van der Waals surface area contributed by atoms with Gasteiger partial charge in [0.1, 0.15) is 17.9 Å². The predicted octanol–water partition coefficient (Wildman–Crippen LogP) is 0.600. The van der Waals surface area contributed by atoms with Crippen LogP contribution in [0.15, 0.2) is 22.7 Å². The van der Waals surface area contributed by atoms with Crippen LogP contribution in [0.3, 0.4) is 0 Å². The van der Waals surface area contributed by atoms with Crippen LogP contribution in [0.2, 0.25) is 0 Å². The Bertz CT molecular complexity index is 382. The van der Waals surface area contributed by atoms with Gasteiger partial charge in [-0.3, -0.25) is 4.79 Å². The standard InChI is InChI=1S/C9H10BrNO4/c10-4-1-2-5(6(12)3-4)8(13)7(11)9(14)15/h1-3,7-8,12-13H,11H2,(H,14,15). The van der Waals surface area contributed by atoms with Gasteiger partial charge in [-0.15, -0.1) is 0 Å². The van der Waals surface area contributed by atoms with Gasteiger partial charge in [0, 0.05) is 10.0 Å². The Balaban J connectivity index is 3.01. The topological polar surface area (TPSA) is 104 Å². The summed E-state index contributed by atoms with van der Waals surface area (Å²) < 4.78 is 0.625. The number of carboxylic acids is 1. The molecule has 0 bridgehead atoms. The largest absolute Gasteiger partial charge is 0.508 e. The van der Waals surface area contributed by atoms with E-state index in [1.807, 2.05) is 0 Å². The van der Waals surface area contributed by atoms with E-state index < -0.39 is 18.1 Å². The molecule has 1 rings (SSSR count). The highest BCUT2D eigenvalue weighted by Crippen LogP contribution is 2.28. The minimum atomic E-state index is -1.46. The van der Waals surface area contributed by atoms with Crippen molar-refractivity contribution in [2.24, 2.45) is 5.73 Å². The lowest BCUT2D eigenvalue weighted by atomic mass is 10.0. The minimum Gasteiger partial charge on any atom is -0.508 e. The van der Waals surface area contributed by atoms with Gasteiger partial charge >= 0.3 is 5.97 Å². The summed E-state index contributed by atoms with van der Waals surface area (Å²) in [5.41, 5.74) is 5.32. The molecule has 1 aromatic carbocycles. The van der Waals surface area contributed by atoms with E-state index in [2.05, 4.69) is 15.9 Å². The first-order chi connectivity index (χ1) is 6.93. The molecule has 2 atom stereocenters. The molecule has 15 heavy (non-hydrogen) atoms. The third-order valence-corrected chi connectivity index (χ3v) is 2.43. The van der Waals surface area contributed by atoms with Crippen LogP contribution in [0.4, 0.5) is 0 Å². The lowest BCUT2D eigenvalue weighted by Crippen LogP contribution is -2.36. The number of aromatic hydroxyl groups is 1. The van der Waals surface area contributed by atoms with Gasteiger partial charge in [0.25, 0.3) is 0 Å². The number of nitrogens with two attached hydrogens (primary N) is 1. The number of carbonyl (C=O) groups is 1. The Kier molecular flexibility index (Phi) is 3.67. The SMILES string of the molecule is NC(C(=O)O)C(O)c1ccc(Br)cc1O. The second-order valence-corrected chi connectivity index (χ2v) is 3.93. The maximum atomic E-state index is 10.5. The zero-order valence-electron chi connectivity index (χ0n) is 7.59. The van der Waals surface area contributed by atoms with Gasteiger partial charge in [0.15, 0.2) is 0 Å². The molecule has 5 N–H and O–H groups in total. The van der Waals surface area contributed by atoms with Crippen molar-refractivity contribution >= 4 is 21.9 Å². The molecule has 6 heteroatoms. The van der Waals surface area contributed by atoms with Gasteiger partial charge < -0.3 is 21.1 Å². The number of phenolic OH excluding ortho intramolecular Hbond substituents is 1. The first kappa shape index (κ1) is 12.0. The summed E-state index contributed by atoms with van der Waals surface area (Å²) in [5, 5.41) is 27.6. The Labute approximate surface area is 94.3 Å². The Morgan fingerprint density at radius 2 is 2.07 bits per heavy atom. The summed E-state index contributed by atoms with van der Waals surface area (Å²) in [6, 6.07) is 2.88. The highest BCUT2D eigenvalue weighted by molar-refractivity contribution is 9.10.